The zero-order valence-corrected chi connectivity index (χ0v) is 27.1. The number of hydrogen-bond donors (Lipinski definition) is 0. The summed E-state index contributed by atoms with van der Waals surface area (Å²) in [7, 11) is 0. The van der Waals surface area contributed by atoms with Crippen LogP contribution in [0.4, 0.5) is 17.1 Å². The van der Waals surface area contributed by atoms with E-state index in [1.54, 1.807) is 0 Å². The molecule has 0 radical (unpaired) electrons. The number of thiophene rings is 1. The molecule has 0 aliphatic carbocycles. The zero-order valence-electron chi connectivity index (χ0n) is 26.3. The summed E-state index contributed by atoms with van der Waals surface area (Å²) in [5, 5.41) is 5.12. The molecule has 48 heavy (non-hydrogen) atoms. The van der Waals surface area contributed by atoms with E-state index >= 15 is 0 Å². The lowest BCUT2D eigenvalue weighted by atomic mass is 9.98. The van der Waals surface area contributed by atoms with E-state index in [2.05, 4.69) is 193 Å². The van der Waals surface area contributed by atoms with Gasteiger partial charge in [0.1, 0.15) is 0 Å². The standard InChI is InChI=1S/C46H31NS/c1-2-12-32(13-3-1)34-26-28-38(29-27-34)47(44-22-8-6-18-40(44)37-25-24-33-14-4-5-15-35(33)30-37)39-17-10-16-36(31-39)41-20-11-21-43-42-19-7-9-23-45(42)48-46(41)43/h1-31H. The molecule has 0 N–H and O–H groups in total. The van der Waals surface area contributed by atoms with E-state index in [0.717, 1.165) is 17.1 Å². The predicted octanol–water partition coefficient (Wildman–Crippen LogP) is 13.7. The average molecular weight is 630 g/mol. The highest BCUT2D eigenvalue weighted by molar-refractivity contribution is 7.26. The molecule has 0 unspecified atom stereocenters. The summed E-state index contributed by atoms with van der Waals surface area (Å²) in [6.45, 7) is 0. The van der Waals surface area contributed by atoms with Crippen LogP contribution in [0.1, 0.15) is 0 Å². The highest BCUT2D eigenvalue weighted by Crippen LogP contribution is 2.44. The molecule has 9 aromatic rings. The van der Waals surface area contributed by atoms with E-state index in [-0.39, 0.29) is 0 Å². The lowest BCUT2D eigenvalue weighted by Gasteiger charge is -2.28. The Bertz CT molecular complexity index is 2560. The summed E-state index contributed by atoms with van der Waals surface area (Å²) in [6, 6.07) is 68.2. The highest BCUT2D eigenvalue weighted by atomic mass is 32.1. The number of benzene rings is 8. The molecule has 2 heteroatoms. The van der Waals surface area contributed by atoms with Gasteiger partial charge < -0.3 is 4.90 Å². The molecule has 1 nitrogen and oxygen atoms in total. The Morgan fingerprint density at radius 2 is 0.979 bits per heavy atom. The summed E-state index contributed by atoms with van der Waals surface area (Å²) < 4.78 is 2.65. The van der Waals surface area contributed by atoms with Gasteiger partial charge in [0.05, 0.1) is 5.69 Å². The topological polar surface area (TPSA) is 3.24 Å². The van der Waals surface area contributed by atoms with Crippen LogP contribution in [0, 0.1) is 0 Å². The molecule has 8 aromatic carbocycles. The smallest absolute Gasteiger partial charge is 0.0540 e. The Balaban J connectivity index is 1.22. The highest BCUT2D eigenvalue weighted by Gasteiger charge is 2.19. The maximum atomic E-state index is 2.41. The molecule has 0 saturated carbocycles. The van der Waals surface area contributed by atoms with Crippen molar-refractivity contribution in [3.63, 3.8) is 0 Å². The molecule has 1 heterocycles. The lowest BCUT2D eigenvalue weighted by Crippen LogP contribution is -2.11. The van der Waals surface area contributed by atoms with Crippen LogP contribution in [0.2, 0.25) is 0 Å². The van der Waals surface area contributed by atoms with E-state index in [4.69, 9.17) is 0 Å². The van der Waals surface area contributed by atoms with Crippen LogP contribution >= 0.6 is 11.3 Å². The van der Waals surface area contributed by atoms with Gasteiger partial charge in [-0.3, -0.25) is 0 Å². The number of nitrogens with zero attached hydrogens (tertiary/aromatic N) is 1. The lowest BCUT2D eigenvalue weighted by molar-refractivity contribution is 1.28. The molecule has 0 fully saturated rings. The molecule has 0 atom stereocenters. The van der Waals surface area contributed by atoms with Crippen LogP contribution in [-0.4, -0.2) is 0 Å². The third-order valence-corrected chi connectivity index (χ3v) is 10.5. The van der Waals surface area contributed by atoms with Crippen LogP contribution < -0.4 is 4.90 Å². The zero-order chi connectivity index (χ0) is 31.9. The monoisotopic (exact) mass is 629 g/mol. The van der Waals surface area contributed by atoms with Crippen LogP contribution in [0.5, 0.6) is 0 Å². The van der Waals surface area contributed by atoms with E-state index < -0.39 is 0 Å². The fourth-order valence-electron chi connectivity index (χ4n) is 6.92. The van der Waals surface area contributed by atoms with Gasteiger partial charge in [-0.2, -0.15) is 0 Å². The molecule has 0 saturated heterocycles. The number of para-hydroxylation sites is 1. The molecular formula is C46H31NS. The van der Waals surface area contributed by atoms with Crippen molar-refractivity contribution in [2.45, 2.75) is 0 Å². The Morgan fingerprint density at radius 3 is 1.88 bits per heavy atom. The predicted molar refractivity (Wildman–Crippen MR) is 208 cm³/mol. The Kier molecular flexibility index (Phi) is 7.07. The first kappa shape index (κ1) is 28.3. The third-order valence-electron chi connectivity index (χ3n) is 9.26. The molecule has 0 amide bonds. The van der Waals surface area contributed by atoms with Gasteiger partial charge in [-0.25, -0.2) is 0 Å². The molecule has 9 rings (SSSR count). The first-order valence-corrected chi connectivity index (χ1v) is 17.2. The Labute approximate surface area is 284 Å². The molecule has 0 spiro atoms. The molecule has 0 aliphatic rings. The van der Waals surface area contributed by atoms with Gasteiger partial charge in [0.15, 0.2) is 0 Å². The minimum atomic E-state index is 1.11. The normalized spacial score (nSPS) is 11.3. The van der Waals surface area contributed by atoms with E-state index in [1.807, 2.05) is 11.3 Å². The molecule has 226 valence electrons. The van der Waals surface area contributed by atoms with Crippen LogP contribution in [0.15, 0.2) is 188 Å². The molecule has 0 aliphatic heterocycles. The molecular weight excluding hydrogens is 599 g/mol. The summed E-state index contributed by atoms with van der Waals surface area (Å²) >= 11 is 1.88. The van der Waals surface area contributed by atoms with Gasteiger partial charge in [0, 0.05) is 37.1 Å². The van der Waals surface area contributed by atoms with Crippen molar-refractivity contribution in [1.82, 2.24) is 0 Å². The van der Waals surface area contributed by atoms with E-state index in [0.29, 0.717) is 0 Å². The summed E-state index contributed by atoms with van der Waals surface area (Å²) in [4.78, 5) is 2.41. The minimum absolute atomic E-state index is 1.11. The van der Waals surface area contributed by atoms with Gasteiger partial charge in [0.2, 0.25) is 0 Å². The first-order valence-electron chi connectivity index (χ1n) is 16.3. The minimum Gasteiger partial charge on any atom is -0.310 e. The second kappa shape index (κ2) is 12.0. The fourth-order valence-corrected chi connectivity index (χ4v) is 8.16. The van der Waals surface area contributed by atoms with Crippen molar-refractivity contribution in [1.29, 1.82) is 0 Å². The molecule has 0 bridgehead atoms. The number of fused-ring (bicyclic) bond motifs is 4. The van der Waals surface area contributed by atoms with E-state index in [9.17, 15) is 0 Å². The number of rotatable bonds is 6. The maximum absolute atomic E-state index is 2.41. The maximum Gasteiger partial charge on any atom is 0.0540 e. The van der Waals surface area contributed by atoms with Crippen molar-refractivity contribution in [3.05, 3.63) is 188 Å². The van der Waals surface area contributed by atoms with Gasteiger partial charge in [-0.05, 0) is 81.1 Å². The van der Waals surface area contributed by atoms with Crippen molar-refractivity contribution < 1.29 is 0 Å². The number of hydrogen-bond acceptors (Lipinski definition) is 2. The quantitative estimate of drug-likeness (QED) is 0.177. The third kappa shape index (κ3) is 5.04. The SMILES string of the molecule is c1ccc(-c2ccc(N(c3cccc(-c4cccc5c4sc4ccccc45)c3)c3ccccc3-c3ccc4ccccc4c3)cc2)cc1. The van der Waals surface area contributed by atoms with Gasteiger partial charge in [0.25, 0.3) is 0 Å². The van der Waals surface area contributed by atoms with Crippen LogP contribution in [0.3, 0.4) is 0 Å². The van der Waals surface area contributed by atoms with Crippen molar-refractivity contribution in [3.8, 4) is 33.4 Å². The summed E-state index contributed by atoms with van der Waals surface area (Å²) in [6.07, 6.45) is 0. The van der Waals surface area contributed by atoms with Crippen molar-refractivity contribution >= 4 is 59.3 Å². The summed E-state index contributed by atoms with van der Waals surface area (Å²) in [5.74, 6) is 0. The Morgan fingerprint density at radius 1 is 0.354 bits per heavy atom. The van der Waals surface area contributed by atoms with Crippen molar-refractivity contribution in [2.75, 3.05) is 4.90 Å². The summed E-state index contributed by atoms with van der Waals surface area (Å²) in [5.41, 5.74) is 10.6. The van der Waals surface area contributed by atoms with Crippen LogP contribution in [-0.2, 0) is 0 Å². The second-order valence-corrected chi connectivity index (χ2v) is 13.2. The second-order valence-electron chi connectivity index (χ2n) is 12.2. The van der Waals surface area contributed by atoms with Crippen LogP contribution in [0.25, 0.3) is 64.3 Å². The van der Waals surface area contributed by atoms with E-state index in [1.165, 1.54) is 64.3 Å². The Hall–Kier alpha value is -5.96. The van der Waals surface area contributed by atoms with Gasteiger partial charge in [-0.1, -0.05) is 146 Å². The number of anilines is 3. The molecule has 1 aromatic heterocycles. The first-order chi connectivity index (χ1) is 23.8. The van der Waals surface area contributed by atoms with Gasteiger partial charge in [-0.15, -0.1) is 11.3 Å². The fraction of sp³-hybridized carbons (Fsp3) is 0. The van der Waals surface area contributed by atoms with Crippen molar-refractivity contribution in [2.24, 2.45) is 0 Å². The largest absolute Gasteiger partial charge is 0.310 e. The van der Waals surface area contributed by atoms with Gasteiger partial charge >= 0.3 is 0 Å². The average Bonchev–Trinajstić information content (AvgIpc) is 3.55.